The Kier molecular flexibility index (Phi) is 3.89. The molecule has 0 spiro atoms. The van der Waals surface area contributed by atoms with Crippen molar-refractivity contribution in [3.63, 3.8) is 0 Å². The van der Waals surface area contributed by atoms with Gasteiger partial charge in [0.05, 0.1) is 15.7 Å². The molecule has 0 saturated heterocycles. The molecule has 2 rings (SSSR count). The van der Waals surface area contributed by atoms with Crippen LogP contribution >= 0.6 is 23.2 Å². The molecule has 1 aromatic carbocycles. The topological polar surface area (TPSA) is 61.6 Å². The first-order chi connectivity index (χ1) is 9.02. The van der Waals surface area contributed by atoms with E-state index < -0.39 is 0 Å². The normalized spacial score (nSPS) is 10.1. The largest absolute Gasteiger partial charge is 0.338 e. The standard InChI is InChI=1S/C13H10Cl2N4/c1-7-8(2)18-19-13(10(7)6-16)17-9-3-4-11(14)12(15)5-9/h3-5H,1-2H3,(H,17,19). The lowest BCUT2D eigenvalue weighted by Crippen LogP contribution is -2.03. The molecule has 4 nitrogen and oxygen atoms in total. The molecule has 1 N–H and O–H groups in total. The highest BCUT2D eigenvalue weighted by atomic mass is 35.5. The van der Waals surface area contributed by atoms with E-state index in [1.165, 1.54) is 0 Å². The molecule has 0 amide bonds. The molecule has 0 saturated carbocycles. The van der Waals surface area contributed by atoms with Gasteiger partial charge in [-0.1, -0.05) is 23.2 Å². The minimum absolute atomic E-state index is 0.406. The Morgan fingerprint density at radius 2 is 1.89 bits per heavy atom. The molecule has 19 heavy (non-hydrogen) atoms. The third-order valence-electron chi connectivity index (χ3n) is 2.75. The fraction of sp³-hybridized carbons (Fsp3) is 0.154. The monoisotopic (exact) mass is 292 g/mol. The minimum atomic E-state index is 0.406. The van der Waals surface area contributed by atoms with E-state index in [0.29, 0.717) is 27.1 Å². The quantitative estimate of drug-likeness (QED) is 0.908. The van der Waals surface area contributed by atoms with Gasteiger partial charge in [0.25, 0.3) is 0 Å². The molecule has 0 aliphatic carbocycles. The fourth-order valence-corrected chi connectivity index (χ4v) is 1.84. The SMILES string of the molecule is Cc1nnc(Nc2ccc(Cl)c(Cl)c2)c(C#N)c1C. The number of aryl methyl sites for hydroxylation is 1. The average Bonchev–Trinajstić information content (AvgIpc) is 2.39. The van der Waals surface area contributed by atoms with Gasteiger partial charge < -0.3 is 5.32 Å². The van der Waals surface area contributed by atoms with Gasteiger partial charge in [0.2, 0.25) is 0 Å². The van der Waals surface area contributed by atoms with E-state index in [-0.39, 0.29) is 0 Å². The van der Waals surface area contributed by atoms with Crippen LogP contribution in [0, 0.1) is 25.2 Å². The third-order valence-corrected chi connectivity index (χ3v) is 3.49. The Bertz CT molecular complexity index is 677. The van der Waals surface area contributed by atoms with Crippen LogP contribution in [-0.4, -0.2) is 10.2 Å². The highest BCUT2D eigenvalue weighted by Crippen LogP contribution is 2.27. The molecule has 6 heteroatoms. The first-order valence-corrected chi connectivity index (χ1v) is 6.24. The number of aromatic nitrogens is 2. The Hall–Kier alpha value is -1.83. The van der Waals surface area contributed by atoms with Crippen molar-refractivity contribution >= 4 is 34.7 Å². The Balaban J connectivity index is 2.41. The molecule has 0 atom stereocenters. The number of nitrogens with zero attached hydrogens (tertiary/aromatic N) is 3. The van der Waals surface area contributed by atoms with Crippen molar-refractivity contribution in [2.24, 2.45) is 0 Å². The Labute approximate surface area is 121 Å². The van der Waals surface area contributed by atoms with Crippen LogP contribution < -0.4 is 5.32 Å². The van der Waals surface area contributed by atoms with Crippen LogP contribution in [0.15, 0.2) is 18.2 Å². The van der Waals surface area contributed by atoms with Crippen LogP contribution in [0.3, 0.4) is 0 Å². The molecule has 0 bridgehead atoms. The van der Waals surface area contributed by atoms with E-state index in [0.717, 1.165) is 11.3 Å². The van der Waals surface area contributed by atoms with Crippen LogP contribution in [0.25, 0.3) is 0 Å². The maximum atomic E-state index is 9.20. The summed E-state index contributed by atoms with van der Waals surface area (Å²) in [7, 11) is 0. The minimum Gasteiger partial charge on any atom is -0.338 e. The van der Waals surface area contributed by atoms with Gasteiger partial charge in [0.1, 0.15) is 11.6 Å². The molecule has 0 fully saturated rings. The molecule has 0 aliphatic rings. The van der Waals surface area contributed by atoms with Gasteiger partial charge in [-0.25, -0.2) is 0 Å². The molecule has 0 unspecified atom stereocenters. The summed E-state index contributed by atoms with van der Waals surface area (Å²) >= 11 is 11.8. The van der Waals surface area contributed by atoms with Crippen molar-refractivity contribution in [1.29, 1.82) is 5.26 Å². The van der Waals surface area contributed by atoms with Gasteiger partial charge in [-0.3, -0.25) is 0 Å². The highest BCUT2D eigenvalue weighted by molar-refractivity contribution is 6.42. The third kappa shape index (κ3) is 2.78. The number of hydrogen-bond acceptors (Lipinski definition) is 4. The average molecular weight is 293 g/mol. The number of anilines is 2. The van der Waals surface area contributed by atoms with Gasteiger partial charge in [-0.2, -0.15) is 10.4 Å². The zero-order valence-corrected chi connectivity index (χ0v) is 11.8. The van der Waals surface area contributed by atoms with Crippen molar-refractivity contribution in [2.75, 3.05) is 5.32 Å². The number of nitriles is 1. The van der Waals surface area contributed by atoms with E-state index in [4.69, 9.17) is 23.2 Å². The van der Waals surface area contributed by atoms with Crippen molar-refractivity contribution < 1.29 is 0 Å². The predicted octanol–water partition coefficient (Wildman–Crippen LogP) is 4.02. The van der Waals surface area contributed by atoms with Gasteiger partial charge >= 0.3 is 0 Å². The summed E-state index contributed by atoms with van der Waals surface area (Å²) in [5, 5.41) is 21.1. The number of hydrogen-bond donors (Lipinski definition) is 1. The van der Waals surface area contributed by atoms with Crippen LogP contribution in [0.5, 0.6) is 0 Å². The Morgan fingerprint density at radius 1 is 1.16 bits per heavy atom. The molecular formula is C13H10Cl2N4. The Morgan fingerprint density at radius 3 is 2.53 bits per heavy atom. The van der Waals surface area contributed by atoms with Crippen molar-refractivity contribution in [3.8, 4) is 6.07 Å². The molecule has 96 valence electrons. The lowest BCUT2D eigenvalue weighted by Gasteiger charge is -2.10. The predicted molar refractivity (Wildman–Crippen MR) is 76.0 cm³/mol. The van der Waals surface area contributed by atoms with Gasteiger partial charge in [0.15, 0.2) is 5.82 Å². The molecule has 2 aromatic rings. The zero-order chi connectivity index (χ0) is 14.0. The number of rotatable bonds is 2. The summed E-state index contributed by atoms with van der Waals surface area (Å²) in [6.07, 6.45) is 0. The molecule has 1 heterocycles. The van der Waals surface area contributed by atoms with E-state index in [9.17, 15) is 5.26 Å². The van der Waals surface area contributed by atoms with Crippen molar-refractivity contribution in [2.45, 2.75) is 13.8 Å². The number of benzene rings is 1. The van der Waals surface area contributed by atoms with Gasteiger partial charge in [0, 0.05) is 5.69 Å². The second-order valence-electron chi connectivity index (χ2n) is 4.00. The molecule has 0 radical (unpaired) electrons. The van der Waals surface area contributed by atoms with E-state index >= 15 is 0 Å². The second-order valence-corrected chi connectivity index (χ2v) is 4.81. The second kappa shape index (κ2) is 5.43. The van der Waals surface area contributed by atoms with Crippen LogP contribution in [-0.2, 0) is 0 Å². The fourth-order valence-electron chi connectivity index (χ4n) is 1.54. The first-order valence-electron chi connectivity index (χ1n) is 5.49. The summed E-state index contributed by atoms with van der Waals surface area (Å²) in [6, 6.07) is 7.22. The van der Waals surface area contributed by atoms with Crippen LogP contribution in [0.1, 0.15) is 16.8 Å². The highest BCUT2D eigenvalue weighted by Gasteiger charge is 2.11. The van der Waals surface area contributed by atoms with E-state index in [1.807, 2.05) is 13.8 Å². The maximum absolute atomic E-state index is 9.20. The maximum Gasteiger partial charge on any atom is 0.171 e. The zero-order valence-electron chi connectivity index (χ0n) is 10.3. The summed E-state index contributed by atoms with van der Waals surface area (Å²) in [5.74, 6) is 0.406. The molecule has 1 aromatic heterocycles. The smallest absolute Gasteiger partial charge is 0.171 e. The van der Waals surface area contributed by atoms with Crippen LogP contribution in [0.4, 0.5) is 11.5 Å². The first kappa shape index (κ1) is 13.6. The van der Waals surface area contributed by atoms with Crippen molar-refractivity contribution in [3.05, 3.63) is 45.1 Å². The molecular weight excluding hydrogens is 283 g/mol. The molecule has 0 aliphatic heterocycles. The summed E-state index contributed by atoms with van der Waals surface area (Å²) in [5.41, 5.74) is 2.71. The van der Waals surface area contributed by atoms with Crippen molar-refractivity contribution in [1.82, 2.24) is 10.2 Å². The van der Waals surface area contributed by atoms with Gasteiger partial charge in [-0.05, 0) is 37.6 Å². The van der Waals surface area contributed by atoms with Crippen LogP contribution in [0.2, 0.25) is 10.0 Å². The lowest BCUT2D eigenvalue weighted by atomic mass is 10.1. The summed E-state index contributed by atoms with van der Waals surface area (Å²) in [6.45, 7) is 3.65. The number of nitrogens with one attached hydrogen (secondary N) is 1. The number of halogens is 2. The van der Waals surface area contributed by atoms with E-state index in [2.05, 4.69) is 21.6 Å². The lowest BCUT2D eigenvalue weighted by molar-refractivity contribution is 0.960. The summed E-state index contributed by atoms with van der Waals surface area (Å²) in [4.78, 5) is 0. The van der Waals surface area contributed by atoms with E-state index in [1.54, 1.807) is 18.2 Å². The van der Waals surface area contributed by atoms with Gasteiger partial charge in [-0.15, -0.1) is 5.10 Å². The summed E-state index contributed by atoms with van der Waals surface area (Å²) < 4.78 is 0.